The van der Waals surface area contributed by atoms with E-state index in [1.165, 1.54) is 0 Å². The Morgan fingerprint density at radius 2 is 2.15 bits per heavy atom. The zero-order valence-electron chi connectivity index (χ0n) is 11.9. The van der Waals surface area contributed by atoms with Gasteiger partial charge in [-0.25, -0.2) is 5.43 Å². The number of amides is 1. The maximum atomic E-state index is 11.4. The van der Waals surface area contributed by atoms with Crippen molar-refractivity contribution in [3.05, 3.63) is 22.2 Å². The van der Waals surface area contributed by atoms with Gasteiger partial charge in [-0.1, -0.05) is 13.3 Å². The van der Waals surface area contributed by atoms with Crippen molar-refractivity contribution in [1.29, 1.82) is 0 Å². The van der Waals surface area contributed by atoms with Crippen LogP contribution in [-0.2, 0) is 4.79 Å². The monoisotopic (exact) mass is 342 g/mol. The summed E-state index contributed by atoms with van der Waals surface area (Å²) >= 11 is 3.40. The maximum absolute atomic E-state index is 11.4. The highest BCUT2D eigenvalue weighted by atomic mass is 79.9. The number of methoxy groups -OCH3 is 2. The van der Waals surface area contributed by atoms with Gasteiger partial charge >= 0.3 is 0 Å². The molecule has 110 valence electrons. The zero-order valence-corrected chi connectivity index (χ0v) is 13.5. The first-order chi connectivity index (χ1) is 9.62. The van der Waals surface area contributed by atoms with Gasteiger partial charge in [0.1, 0.15) is 0 Å². The van der Waals surface area contributed by atoms with Gasteiger partial charge in [-0.05, 0) is 40.0 Å². The SMILES string of the molecule is CCCCC(=O)N/N=C/c1cc(Br)c(OC)c(OC)c1. The number of carbonyl (C=O) groups excluding carboxylic acids is 1. The summed E-state index contributed by atoms with van der Waals surface area (Å²) in [5.41, 5.74) is 3.29. The van der Waals surface area contributed by atoms with Crippen LogP contribution in [0.3, 0.4) is 0 Å². The minimum Gasteiger partial charge on any atom is -0.493 e. The highest BCUT2D eigenvalue weighted by Crippen LogP contribution is 2.35. The van der Waals surface area contributed by atoms with Gasteiger partial charge in [0.25, 0.3) is 0 Å². The van der Waals surface area contributed by atoms with E-state index in [0.717, 1.165) is 22.9 Å². The summed E-state index contributed by atoms with van der Waals surface area (Å²) in [5, 5.41) is 3.92. The number of benzene rings is 1. The lowest BCUT2D eigenvalue weighted by molar-refractivity contribution is -0.121. The Morgan fingerprint density at radius 3 is 2.75 bits per heavy atom. The van der Waals surface area contributed by atoms with Crippen LogP contribution < -0.4 is 14.9 Å². The Labute approximate surface area is 127 Å². The van der Waals surface area contributed by atoms with Crippen molar-refractivity contribution >= 4 is 28.1 Å². The average molecular weight is 343 g/mol. The molecule has 1 amide bonds. The minimum absolute atomic E-state index is 0.0809. The van der Waals surface area contributed by atoms with Gasteiger partial charge in [-0.3, -0.25) is 4.79 Å². The Morgan fingerprint density at radius 1 is 1.40 bits per heavy atom. The first-order valence-electron chi connectivity index (χ1n) is 6.35. The largest absolute Gasteiger partial charge is 0.493 e. The molecule has 5 nitrogen and oxygen atoms in total. The van der Waals surface area contributed by atoms with Gasteiger partial charge in [0.2, 0.25) is 5.91 Å². The van der Waals surface area contributed by atoms with Crippen molar-refractivity contribution in [2.75, 3.05) is 14.2 Å². The van der Waals surface area contributed by atoms with E-state index in [9.17, 15) is 4.79 Å². The van der Waals surface area contributed by atoms with E-state index in [1.54, 1.807) is 26.5 Å². The second-order valence-electron chi connectivity index (χ2n) is 4.13. The van der Waals surface area contributed by atoms with E-state index in [0.29, 0.717) is 17.9 Å². The second kappa shape index (κ2) is 8.58. The Bertz CT molecular complexity index is 490. The van der Waals surface area contributed by atoms with Crippen LogP contribution in [0.1, 0.15) is 31.7 Å². The van der Waals surface area contributed by atoms with Gasteiger partial charge < -0.3 is 9.47 Å². The van der Waals surface area contributed by atoms with E-state index >= 15 is 0 Å². The summed E-state index contributed by atoms with van der Waals surface area (Å²) in [5.74, 6) is 1.14. The highest BCUT2D eigenvalue weighted by Gasteiger charge is 2.09. The number of nitrogens with one attached hydrogen (secondary N) is 1. The molecule has 6 heteroatoms. The number of carbonyl (C=O) groups is 1. The van der Waals surface area contributed by atoms with E-state index in [-0.39, 0.29) is 5.91 Å². The molecule has 0 spiro atoms. The van der Waals surface area contributed by atoms with Crippen molar-refractivity contribution in [3.63, 3.8) is 0 Å². The third-order valence-electron chi connectivity index (χ3n) is 2.62. The smallest absolute Gasteiger partial charge is 0.240 e. The van der Waals surface area contributed by atoms with Crippen LogP contribution in [0.15, 0.2) is 21.7 Å². The normalized spacial score (nSPS) is 10.6. The standard InChI is InChI=1S/C14H19BrN2O3/c1-4-5-6-13(18)17-16-9-10-7-11(15)14(20-3)12(8-10)19-2/h7-9H,4-6H2,1-3H3,(H,17,18)/b16-9+. The van der Waals surface area contributed by atoms with Gasteiger partial charge in [0.15, 0.2) is 11.5 Å². The fraction of sp³-hybridized carbons (Fsp3) is 0.429. The number of unbranched alkanes of at least 4 members (excludes halogenated alkanes) is 1. The molecule has 0 fully saturated rings. The van der Waals surface area contributed by atoms with Crippen LogP contribution in [0.2, 0.25) is 0 Å². The predicted molar refractivity (Wildman–Crippen MR) is 82.5 cm³/mol. The topological polar surface area (TPSA) is 59.9 Å². The number of hydrogen-bond donors (Lipinski definition) is 1. The summed E-state index contributed by atoms with van der Waals surface area (Å²) in [6.07, 6.45) is 3.91. The quantitative estimate of drug-likeness (QED) is 0.611. The lowest BCUT2D eigenvalue weighted by atomic mass is 10.2. The average Bonchev–Trinajstić information content (AvgIpc) is 2.44. The van der Waals surface area contributed by atoms with Crippen LogP contribution >= 0.6 is 15.9 Å². The summed E-state index contributed by atoms with van der Waals surface area (Å²) < 4.78 is 11.2. The van der Waals surface area contributed by atoms with Crippen molar-refractivity contribution in [3.8, 4) is 11.5 Å². The molecule has 0 aromatic heterocycles. The van der Waals surface area contributed by atoms with Gasteiger partial charge in [0.05, 0.1) is 24.9 Å². The molecule has 0 saturated carbocycles. The van der Waals surface area contributed by atoms with E-state index < -0.39 is 0 Å². The molecular formula is C14H19BrN2O3. The molecule has 0 heterocycles. The molecule has 1 aromatic carbocycles. The van der Waals surface area contributed by atoms with E-state index in [1.807, 2.05) is 13.0 Å². The predicted octanol–water partition coefficient (Wildman–Crippen LogP) is 3.11. The molecule has 0 aliphatic carbocycles. The molecule has 20 heavy (non-hydrogen) atoms. The maximum Gasteiger partial charge on any atom is 0.240 e. The van der Waals surface area contributed by atoms with Crippen molar-refractivity contribution in [1.82, 2.24) is 5.43 Å². The molecule has 1 N–H and O–H groups in total. The first kappa shape index (κ1) is 16.5. The third-order valence-corrected chi connectivity index (χ3v) is 3.21. The molecule has 1 rings (SSSR count). The number of hydrogen-bond acceptors (Lipinski definition) is 4. The van der Waals surface area contributed by atoms with Crippen molar-refractivity contribution in [2.45, 2.75) is 26.2 Å². The number of hydrazone groups is 1. The molecule has 0 aliphatic heterocycles. The molecule has 0 radical (unpaired) electrons. The zero-order chi connectivity index (χ0) is 15.0. The van der Waals surface area contributed by atoms with Gasteiger partial charge in [-0.2, -0.15) is 5.10 Å². The lowest BCUT2D eigenvalue weighted by Gasteiger charge is -2.10. The lowest BCUT2D eigenvalue weighted by Crippen LogP contribution is -2.16. The molecule has 0 aliphatic rings. The fourth-order valence-electron chi connectivity index (χ4n) is 1.58. The number of ether oxygens (including phenoxy) is 2. The summed E-state index contributed by atoms with van der Waals surface area (Å²) in [7, 11) is 3.14. The third kappa shape index (κ3) is 4.85. The molecule has 1 aromatic rings. The summed E-state index contributed by atoms with van der Waals surface area (Å²) in [6.45, 7) is 2.04. The van der Waals surface area contributed by atoms with Crippen molar-refractivity contribution < 1.29 is 14.3 Å². The summed E-state index contributed by atoms with van der Waals surface area (Å²) in [6, 6.07) is 3.62. The van der Waals surface area contributed by atoms with Crippen LogP contribution in [-0.4, -0.2) is 26.3 Å². The van der Waals surface area contributed by atoms with Gasteiger partial charge in [0, 0.05) is 6.42 Å². The fourth-order valence-corrected chi connectivity index (χ4v) is 2.21. The number of nitrogens with zero attached hydrogens (tertiary/aromatic N) is 1. The molecule has 0 bridgehead atoms. The van der Waals surface area contributed by atoms with Crippen LogP contribution in [0, 0.1) is 0 Å². The highest BCUT2D eigenvalue weighted by molar-refractivity contribution is 9.10. The summed E-state index contributed by atoms with van der Waals surface area (Å²) in [4.78, 5) is 11.4. The Balaban J connectivity index is 2.73. The number of rotatable bonds is 7. The molecule has 0 saturated heterocycles. The minimum atomic E-state index is -0.0809. The molecule has 0 atom stereocenters. The van der Waals surface area contributed by atoms with Crippen molar-refractivity contribution in [2.24, 2.45) is 5.10 Å². The van der Waals surface area contributed by atoms with Gasteiger partial charge in [-0.15, -0.1) is 0 Å². The van der Waals surface area contributed by atoms with E-state index in [4.69, 9.17) is 9.47 Å². The Hall–Kier alpha value is -1.56. The first-order valence-corrected chi connectivity index (χ1v) is 7.15. The number of halogens is 1. The molecular weight excluding hydrogens is 324 g/mol. The van der Waals surface area contributed by atoms with Crippen LogP contribution in [0.4, 0.5) is 0 Å². The second-order valence-corrected chi connectivity index (χ2v) is 4.99. The molecule has 0 unspecified atom stereocenters. The van der Waals surface area contributed by atoms with Crippen LogP contribution in [0.5, 0.6) is 11.5 Å². The van der Waals surface area contributed by atoms with Crippen LogP contribution in [0.25, 0.3) is 0 Å². The Kier molecular flexibility index (Phi) is 7.08. The van der Waals surface area contributed by atoms with E-state index in [2.05, 4.69) is 26.5 Å².